The number of fused-ring (bicyclic) bond motifs is 1. The van der Waals surface area contributed by atoms with Gasteiger partial charge in [0.2, 0.25) is 5.91 Å². The number of rotatable bonds is 4. The summed E-state index contributed by atoms with van der Waals surface area (Å²) < 4.78 is 1.96. The lowest BCUT2D eigenvalue weighted by Crippen LogP contribution is -2.48. The van der Waals surface area contributed by atoms with Crippen molar-refractivity contribution in [3.8, 4) is 0 Å². The molecule has 0 N–H and O–H groups in total. The van der Waals surface area contributed by atoms with Gasteiger partial charge in [0.25, 0.3) is 0 Å². The molecule has 0 bridgehead atoms. The lowest BCUT2D eigenvalue weighted by molar-refractivity contribution is -0.132. The highest BCUT2D eigenvalue weighted by Crippen LogP contribution is 2.14. The maximum absolute atomic E-state index is 12.6. The standard InChI is InChI=1S/C21H23ClN4O/c1-16-3-2-4-17(11-16)12-21(27)25-9-7-24(8-10-25)14-19-15-26-13-18(22)5-6-20(26)23-19/h2-6,11,13,15H,7-10,12,14H2,1H3. The van der Waals surface area contributed by atoms with Crippen molar-refractivity contribution in [3.63, 3.8) is 0 Å². The molecule has 0 unspecified atom stereocenters. The highest BCUT2D eigenvalue weighted by Gasteiger charge is 2.21. The number of amides is 1. The number of pyridine rings is 1. The van der Waals surface area contributed by atoms with Gasteiger partial charge >= 0.3 is 0 Å². The van der Waals surface area contributed by atoms with Crippen LogP contribution in [-0.4, -0.2) is 51.3 Å². The van der Waals surface area contributed by atoms with Gasteiger partial charge in [0.1, 0.15) is 5.65 Å². The molecule has 1 aliphatic rings. The van der Waals surface area contributed by atoms with Gasteiger partial charge in [-0.1, -0.05) is 41.4 Å². The number of benzene rings is 1. The van der Waals surface area contributed by atoms with E-state index in [0.717, 1.165) is 49.6 Å². The van der Waals surface area contributed by atoms with Gasteiger partial charge in [-0.05, 0) is 24.6 Å². The predicted octanol–water partition coefficient (Wildman–Crippen LogP) is 3.18. The van der Waals surface area contributed by atoms with Crippen LogP contribution in [-0.2, 0) is 17.8 Å². The lowest BCUT2D eigenvalue weighted by Gasteiger charge is -2.34. The maximum Gasteiger partial charge on any atom is 0.227 e. The number of halogens is 1. The van der Waals surface area contributed by atoms with E-state index in [1.807, 2.05) is 46.0 Å². The minimum Gasteiger partial charge on any atom is -0.340 e. The minimum absolute atomic E-state index is 0.211. The van der Waals surface area contributed by atoms with E-state index in [-0.39, 0.29) is 5.91 Å². The second-order valence-electron chi connectivity index (χ2n) is 7.17. The van der Waals surface area contributed by atoms with Crippen LogP contribution in [0.5, 0.6) is 0 Å². The molecule has 2 aromatic heterocycles. The number of carbonyl (C=O) groups is 1. The zero-order valence-corrected chi connectivity index (χ0v) is 16.2. The van der Waals surface area contributed by atoms with Crippen LogP contribution in [0.15, 0.2) is 48.8 Å². The fourth-order valence-corrected chi connectivity index (χ4v) is 3.75. The van der Waals surface area contributed by atoms with Crippen LogP contribution in [0.25, 0.3) is 5.65 Å². The Morgan fingerprint density at radius 3 is 2.70 bits per heavy atom. The van der Waals surface area contributed by atoms with Crippen molar-refractivity contribution in [2.75, 3.05) is 26.2 Å². The molecule has 27 heavy (non-hydrogen) atoms. The summed E-state index contributed by atoms with van der Waals surface area (Å²) in [4.78, 5) is 21.5. The van der Waals surface area contributed by atoms with Crippen LogP contribution in [0.2, 0.25) is 5.02 Å². The average Bonchev–Trinajstić information content (AvgIpc) is 3.03. The van der Waals surface area contributed by atoms with Crippen LogP contribution in [0.1, 0.15) is 16.8 Å². The van der Waals surface area contributed by atoms with Gasteiger partial charge in [0, 0.05) is 45.1 Å². The minimum atomic E-state index is 0.211. The van der Waals surface area contributed by atoms with E-state index in [0.29, 0.717) is 11.4 Å². The van der Waals surface area contributed by atoms with E-state index in [1.54, 1.807) is 0 Å². The van der Waals surface area contributed by atoms with Crippen molar-refractivity contribution < 1.29 is 4.79 Å². The Hall–Kier alpha value is -2.37. The Balaban J connectivity index is 1.32. The molecule has 0 atom stereocenters. The first-order valence-electron chi connectivity index (χ1n) is 9.26. The van der Waals surface area contributed by atoms with Crippen molar-refractivity contribution >= 4 is 23.2 Å². The smallest absolute Gasteiger partial charge is 0.227 e. The van der Waals surface area contributed by atoms with E-state index < -0.39 is 0 Å². The highest BCUT2D eigenvalue weighted by atomic mass is 35.5. The summed E-state index contributed by atoms with van der Waals surface area (Å²) in [5, 5.41) is 0.701. The van der Waals surface area contributed by atoms with Gasteiger partial charge in [0.05, 0.1) is 17.1 Å². The molecule has 6 heteroatoms. The van der Waals surface area contributed by atoms with Crippen molar-refractivity contribution in [1.82, 2.24) is 19.2 Å². The number of carbonyl (C=O) groups excluding carboxylic acids is 1. The topological polar surface area (TPSA) is 40.9 Å². The maximum atomic E-state index is 12.6. The van der Waals surface area contributed by atoms with Crippen LogP contribution in [0.3, 0.4) is 0 Å². The van der Waals surface area contributed by atoms with Crippen molar-refractivity contribution in [1.29, 1.82) is 0 Å². The fourth-order valence-electron chi connectivity index (χ4n) is 3.59. The lowest BCUT2D eigenvalue weighted by atomic mass is 10.1. The molecule has 3 aromatic rings. The molecule has 1 saturated heterocycles. The summed E-state index contributed by atoms with van der Waals surface area (Å²) in [5.41, 5.74) is 4.21. The zero-order chi connectivity index (χ0) is 18.8. The normalized spacial score (nSPS) is 15.4. The van der Waals surface area contributed by atoms with Crippen LogP contribution < -0.4 is 0 Å². The molecule has 0 spiro atoms. The molecule has 3 heterocycles. The summed E-state index contributed by atoms with van der Waals surface area (Å²) in [5.74, 6) is 0.211. The molecule has 1 aromatic carbocycles. The molecular weight excluding hydrogens is 360 g/mol. The van der Waals surface area contributed by atoms with Crippen molar-refractivity contribution in [2.24, 2.45) is 0 Å². The summed E-state index contributed by atoms with van der Waals surface area (Å²) in [7, 11) is 0. The number of nitrogens with zero attached hydrogens (tertiary/aromatic N) is 4. The quantitative estimate of drug-likeness (QED) is 0.695. The number of piperazine rings is 1. The van der Waals surface area contributed by atoms with E-state index in [4.69, 9.17) is 11.6 Å². The molecule has 140 valence electrons. The van der Waals surface area contributed by atoms with Gasteiger partial charge in [-0.2, -0.15) is 0 Å². The second kappa shape index (κ2) is 7.71. The van der Waals surface area contributed by atoms with Gasteiger partial charge in [-0.3, -0.25) is 9.69 Å². The van der Waals surface area contributed by atoms with Crippen LogP contribution in [0.4, 0.5) is 0 Å². The third-order valence-corrected chi connectivity index (χ3v) is 5.24. The molecule has 0 radical (unpaired) electrons. The number of aromatic nitrogens is 2. The summed E-state index contributed by atoms with van der Waals surface area (Å²) in [6.07, 6.45) is 4.38. The summed E-state index contributed by atoms with van der Waals surface area (Å²) in [6.45, 7) is 6.12. The van der Waals surface area contributed by atoms with Gasteiger partial charge in [-0.15, -0.1) is 0 Å². The van der Waals surface area contributed by atoms with Gasteiger partial charge < -0.3 is 9.30 Å². The number of hydrogen-bond acceptors (Lipinski definition) is 3. The number of imidazole rings is 1. The van der Waals surface area contributed by atoms with Crippen LogP contribution >= 0.6 is 11.6 Å². The molecule has 4 rings (SSSR count). The van der Waals surface area contributed by atoms with E-state index in [9.17, 15) is 4.79 Å². The van der Waals surface area contributed by atoms with E-state index in [1.165, 1.54) is 5.56 Å². The molecule has 1 aliphatic heterocycles. The SMILES string of the molecule is Cc1cccc(CC(=O)N2CCN(Cc3cn4cc(Cl)ccc4n3)CC2)c1. The van der Waals surface area contributed by atoms with Crippen molar-refractivity contribution in [3.05, 3.63) is 70.6 Å². The number of aryl methyl sites for hydroxylation is 1. The molecule has 1 fully saturated rings. The third-order valence-electron chi connectivity index (χ3n) is 5.01. The summed E-state index contributed by atoms with van der Waals surface area (Å²) in [6, 6.07) is 12.0. The third kappa shape index (κ3) is 4.31. The van der Waals surface area contributed by atoms with Crippen LogP contribution in [0, 0.1) is 6.92 Å². The Morgan fingerprint density at radius 1 is 1.11 bits per heavy atom. The molecule has 5 nitrogen and oxygen atoms in total. The Labute approximate surface area is 164 Å². The molecular formula is C21H23ClN4O. The monoisotopic (exact) mass is 382 g/mol. The van der Waals surface area contributed by atoms with Gasteiger partial charge in [0.15, 0.2) is 0 Å². The first-order valence-corrected chi connectivity index (χ1v) is 9.63. The summed E-state index contributed by atoms with van der Waals surface area (Å²) >= 11 is 6.04. The molecule has 1 amide bonds. The second-order valence-corrected chi connectivity index (χ2v) is 7.60. The Bertz CT molecular complexity index is 960. The molecule has 0 saturated carbocycles. The average molecular weight is 383 g/mol. The Morgan fingerprint density at radius 2 is 1.93 bits per heavy atom. The fraction of sp³-hybridized carbons (Fsp3) is 0.333. The van der Waals surface area contributed by atoms with Crippen molar-refractivity contribution in [2.45, 2.75) is 19.9 Å². The first kappa shape index (κ1) is 18.0. The zero-order valence-electron chi connectivity index (χ0n) is 15.4. The first-order chi connectivity index (χ1) is 13.1. The largest absolute Gasteiger partial charge is 0.340 e. The highest BCUT2D eigenvalue weighted by molar-refractivity contribution is 6.30. The van der Waals surface area contributed by atoms with Gasteiger partial charge in [-0.25, -0.2) is 4.98 Å². The Kier molecular flexibility index (Phi) is 5.14. The number of hydrogen-bond donors (Lipinski definition) is 0. The van der Waals surface area contributed by atoms with E-state index in [2.05, 4.69) is 28.9 Å². The predicted molar refractivity (Wildman–Crippen MR) is 107 cm³/mol. The van der Waals surface area contributed by atoms with E-state index >= 15 is 0 Å². The molecule has 0 aliphatic carbocycles.